The van der Waals surface area contributed by atoms with Crippen molar-refractivity contribution >= 4 is 17.6 Å². The van der Waals surface area contributed by atoms with E-state index in [1.165, 1.54) is 11.1 Å². The fraction of sp³-hybridized carbons (Fsp3) is 0.375. The van der Waals surface area contributed by atoms with Crippen LogP contribution in [-0.2, 0) is 16.1 Å². The van der Waals surface area contributed by atoms with E-state index >= 15 is 0 Å². The number of amidine groups is 1. The highest BCUT2D eigenvalue weighted by molar-refractivity contribution is 5.95. The SMILES string of the molecule is Cc1cccc([C@@H]2CCN[C@@H](C(=O)N[C@@H](C)C(=O)NCc3ccc(C(=N)N)cc3)C2)c1. The lowest BCUT2D eigenvalue weighted by atomic mass is 9.85. The maximum Gasteiger partial charge on any atom is 0.242 e. The van der Waals surface area contributed by atoms with Crippen molar-refractivity contribution in [2.45, 2.75) is 51.2 Å². The van der Waals surface area contributed by atoms with Gasteiger partial charge in [-0.3, -0.25) is 15.0 Å². The Bertz CT molecular complexity index is 941. The third-order valence-electron chi connectivity index (χ3n) is 5.72. The van der Waals surface area contributed by atoms with Crippen LogP contribution in [0.5, 0.6) is 0 Å². The summed E-state index contributed by atoms with van der Waals surface area (Å²) in [6, 6.07) is 14.6. The molecule has 31 heavy (non-hydrogen) atoms. The van der Waals surface area contributed by atoms with Crippen LogP contribution in [0.1, 0.15) is 47.9 Å². The van der Waals surface area contributed by atoms with Gasteiger partial charge >= 0.3 is 0 Å². The number of amides is 2. The molecule has 0 saturated carbocycles. The topological polar surface area (TPSA) is 120 Å². The molecule has 7 heteroatoms. The third kappa shape index (κ3) is 6.15. The summed E-state index contributed by atoms with van der Waals surface area (Å²) in [5.74, 6) is -0.0484. The number of nitrogen functional groups attached to an aromatic ring is 1. The Balaban J connectivity index is 1.49. The fourth-order valence-electron chi connectivity index (χ4n) is 3.87. The number of hydrogen-bond acceptors (Lipinski definition) is 4. The standard InChI is InChI=1S/C24H31N5O2/c1-15-4-3-5-19(12-15)20-10-11-27-21(13-20)24(31)29-16(2)23(30)28-14-17-6-8-18(9-7-17)22(25)26/h3-9,12,16,20-21,27H,10-11,13-14H2,1-2H3,(H3,25,26)(H,28,30)(H,29,31)/t16-,20+,21+/m0/s1. The quantitative estimate of drug-likeness (QED) is 0.347. The maximum atomic E-state index is 12.7. The van der Waals surface area contributed by atoms with Crippen molar-refractivity contribution in [1.29, 1.82) is 5.41 Å². The lowest BCUT2D eigenvalue weighted by Gasteiger charge is -2.30. The van der Waals surface area contributed by atoms with Crippen molar-refractivity contribution in [3.05, 3.63) is 70.8 Å². The van der Waals surface area contributed by atoms with Crippen molar-refractivity contribution in [3.63, 3.8) is 0 Å². The van der Waals surface area contributed by atoms with Crippen LogP contribution in [0.2, 0.25) is 0 Å². The van der Waals surface area contributed by atoms with Gasteiger partial charge in [-0.25, -0.2) is 0 Å². The zero-order chi connectivity index (χ0) is 22.4. The molecular formula is C24H31N5O2. The van der Waals surface area contributed by atoms with Gasteiger partial charge in [0, 0.05) is 12.1 Å². The highest BCUT2D eigenvalue weighted by Gasteiger charge is 2.29. The molecule has 1 aliphatic heterocycles. The summed E-state index contributed by atoms with van der Waals surface area (Å²) in [6.07, 6.45) is 1.71. The molecule has 3 atom stereocenters. The van der Waals surface area contributed by atoms with Crippen molar-refractivity contribution in [2.75, 3.05) is 6.54 Å². The molecule has 0 radical (unpaired) electrons. The summed E-state index contributed by atoms with van der Waals surface area (Å²) in [6.45, 7) is 4.88. The van der Waals surface area contributed by atoms with Gasteiger partial charge in [0.1, 0.15) is 11.9 Å². The van der Waals surface area contributed by atoms with E-state index in [4.69, 9.17) is 11.1 Å². The molecule has 6 N–H and O–H groups in total. The number of aryl methyl sites for hydroxylation is 1. The Kier molecular flexibility index (Phi) is 7.41. The van der Waals surface area contributed by atoms with E-state index in [1.807, 2.05) is 12.1 Å². The predicted molar refractivity (Wildman–Crippen MR) is 122 cm³/mol. The second kappa shape index (κ2) is 10.2. The van der Waals surface area contributed by atoms with Gasteiger partial charge in [0.25, 0.3) is 0 Å². The molecule has 0 spiro atoms. The average molecular weight is 422 g/mol. The average Bonchev–Trinajstić information content (AvgIpc) is 2.77. The van der Waals surface area contributed by atoms with Gasteiger partial charge in [-0.1, -0.05) is 54.1 Å². The monoisotopic (exact) mass is 421 g/mol. The number of piperidine rings is 1. The number of nitrogens with two attached hydrogens (primary N) is 1. The van der Waals surface area contributed by atoms with Gasteiger partial charge in [0.15, 0.2) is 0 Å². The van der Waals surface area contributed by atoms with Gasteiger partial charge in [0.05, 0.1) is 6.04 Å². The second-order valence-electron chi connectivity index (χ2n) is 8.20. The van der Waals surface area contributed by atoms with E-state index < -0.39 is 6.04 Å². The molecule has 1 aliphatic rings. The lowest BCUT2D eigenvalue weighted by Crippen LogP contribution is -2.53. The van der Waals surface area contributed by atoms with Gasteiger partial charge in [-0.05, 0) is 50.3 Å². The summed E-state index contributed by atoms with van der Waals surface area (Å²) in [5, 5.41) is 16.4. The van der Waals surface area contributed by atoms with Gasteiger partial charge in [-0.2, -0.15) is 0 Å². The van der Waals surface area contributed by atoms with E-state index in [-0.39, 0.29) is 23.7 Å². The van der Waals surface area contributed by atoms with Crippen molar-refractivity contribution < 1.29 is 9.59 Å². The number of nitrogens with one attached hydrogen (secondary N) is 4. The fourth-order valence-corrected chi connectivity index (χ4v) is 3.87. The largest absolute Gasteiger partial charge is 0.384 e. The molecule has 1 saturated heterocycles. The van der Waals surface area contributed by atoms with Crippen LogP contribution >= 0.6 is 0 Å². The number of carbonyl (C=O) groups excluding carboxylic acids is 2. The van der Waals surface area contributed by atoms with Crippen LogP contribution in [-0.4, -0.2) is 36.3 Å². The Morgan fingerprint density at radius 1 is 1.23 bits per heavy atom. The molecule has 2 amide bonds. The second-order valence-corrected chi connectivity index (χ2v) is 8.20. The molecule has 0 aromatic heterocycles. The highest BCUT2D eigenvalue weighted by atomic mass is 16.2. The third-order valence-corrected chi connectivity index (χ3v) is 5.72. The molecule has 0 unspecified atom stereocenters. The predicted octanol–water partition coefficient (Wildman–Crippen LogP) is 1.94. The van der Waals surface area contributed by atoms with Gasteiger partial charge in [-0.15, -0.1) is 0 Å². The molecule has 2 aromatic carbocycles. The number of rotatable bonds is 7. The Hall–Kier alpha value is -3.19. The van der Waals surface area contributed by atoms with E-state index in [2.05, 4.69) is 47.1 Å². The van der Waals surface area contributed by atoms with Crippen molar-refractivity contribution in [3.8, 4) is 0 Å². The first kappa shape index (κ1) is 22.5. The van der Waals surface area contributed by atoms with Crippen LogP contribution < -0.4 is 21.7 Å². The number of benzene rings is 2. The van der Waals surface area contributed by atoms with Crippen molar-refractivity contribution in [1.82, 2.24) is 16.0 Å². The van der Waals surface area contributed by atoms with Crippen molar-refractivity contribution in [2.24, 2.45) is 5.73 Å². The van der Waals surface area contributed by atoms with Crippen LogP contribution in [0, 0.1) is 12.3 Å². The van der Waals surface area contributed by atoms with E-state index in [9.17, 15) is 9.59 Å². The molecular weight excluding hydrogens is 390 g/mol. The first-order chi connectivity index (χ1) is 14.8. The van der Waals surface area contributed by atoms with Crippen LogP contribution in [0.3, 0.4) is 0 Å². The summed E-state index contributed by atoms with van der Waals surface area (Å²) in [5.41, 5.74) is 9.47. The Labute approximate surface area is 183 Å². The van der Waals surface area contributed by atoms with E-state index in [1.54, 1.807) is 19.1 Å². The Morgan fingerprint density at radius 2 is 1.97 bits per heavy atom. The first-order valence-corrected chi connectivity index (χ1v) is 10.6. The van der Waals surface area contributed by atoms with Crippen LogP contribution in [0.25, 0.3) is 0 Å². The summed E-state index contributed by atoms with van der Waals surface area (Å²) >= 11 is 0. The van der Waals surface area contributed by atoms with Gasteiger partial charge in [0.2, 0.25) is 11.8 Å². The molecule has 0 aliphatic carbocycles. The molecule has 7 nitrogen and oxygen atoms in total. The Morgan fingerprint density at radius 3 is 2.65 bits per heavy atom. The maximum absolute atomic E-state index is 12.7. The van der Waals surface area contributed by atoms with E-state index in [0.29, 0.717) is 24.4 Å². The molecule has 1 heterocycles. The zero-order valence-electron chi connectivity index (χ0n) is 18.1. The molecule has 2 aromatic rings. The summed E-state index contributed by atoms with van der Waals surface area (Å²) in [7, 11) is 0. The normalized spacial score (nSPS) is 19.3. The zero-order valence-corrected chi connectivity index (χ0v) is 18.1. The first-order valence-electron chi connectivity index (χ1n) is 10.6. The van der Waals surface area contributed by atoms with Crippen LogP contribution in [0.15, 0.2) is 48.5 Å². The highest BCUT2D eigenvalue weighted by Crippen LogP contribution is 2.28. The number of carbonyl (C=O) groups is 2. The van der Waals surface area contributed by atoms with Crippen LogP contribution in [0.4, 0.5) is 0 Å². The minimum atomic E-state index is -0.634. The summed E-state index contributed by atoms with van der Waals surface area (Å²) < 4.78 is 0. The minimum absolute atomic E-state index is 0.00730. The molecule has 1 fully saturated rings. The summed E-state index contributed by atoms with van der Waals surface area (Å²) in [4.78, 5) is 25.2. The smallest absolute Gasteiger partial charge is 0.242 e. The minimum Gasteiger partial charge on any atom is -0.384 e. The molecule has 3 rings (SSSR count). The molecule has 0 bridgehead atoms. The lowest BCUT2D eigenvalue weighted by molar-refractivity contribution is -0.130. The number of hydrogen-bond donors (Lipinski definition) is 5. The van der Waals surface area contributed by atoms with Gasteiger partial charge < -0.3 is 21.7 Å². The van der Waals surface area contributed by atoms with E-state index in [0.717, 1.165) is 18.5 Å². The molecule has 164 valence electrons.